The minimum absolute atomic E-state index is 0.120. The van der Waals surface area contributed by atoms with Crippen LogP contribution in [-0.2, 0) is 11.3 Å². The quantitative estimate of drug-likeness (QED) is 0.633. The first-order valence-electron chi connectivity index (χ1n) is 5.78. The van der Waals surface area contributed by atoms with Gasteiger partial charge in [0.05, 0.1) is 15.5 Å². The lowest BCUT2D eigenvalue weighted by atomic mass is 10.2. The number of nitro groups is 1. The van der Waals surface area contributed by atoms with Gasteiger partial charge in [-0.1, -0.05) is 12.1 Å². The molecule has 0 radical (unpaired) electrons. The molecule has 1 atom stereocenters. The summed E-state index contributed by atoms with van der Waals surface area (Å²) in [6, 6.07) is 5.15. The molecule has 0 N–H and O–H groups in total. The van der Waals surface area contributed by atoms with Gasteiger partial charge in [-0.25, -0.2) is 0 Å². The molecule has 0 aromatic heterocycles. The van der Waals surface area contributed by atoms with Crippen molar-refractivity contribution in [2.45, 2.75) is 19.1 Å². The highest BCUT2D eigenvalue weighted by molar-refractivity contribution is 9.10. The second-order valence-electron chi connectivity index (χ2n) is 4.39. The first-order chi connectivity index (χ1) is 8.61. The maximum absolute atomic E-state index is 10.9. The maximum Gasteiger partial charge on any atom is 0.283 e. The lowest BCUT2D eigenvalue weighted by molar-refractivity contribution is -0.385. The molecule has 1 aliphatic rings. The maximum atomic E-state index is 10.9. The van der Waals surface area contributed by atoms with Crippen molar-refractivity contribution < 1.29 is 9.66 Å². The number of hydrogen-bond acceptors (Lipinski definition) is 4. The molecule has 0 aliphatic carbocycles. The molecule has 5 nitrogen and oxygen atoms in total. The molecular weight excluding hydrogens is 300 g/mol. The fraction of sp³-hybridized carbons (Fsp3) is 0.500. The smallest absolute Gasteiger partial charge is 0.283 e. The van der Waals surface area contributed by atoms with E-state index in [-0.39, 0.29) is 16.7 Å². The Morgan fingerprint density at radius 3 is 3.00 bits per heavy atom. The van der Waals surface area contributed by atoms with Gasteiger partial charge in [0.2, 0.25) is 0 Å². The van der Waals surface area contributed by atoms with E-state index in [1.165, 1.54) is 6.07 Å². The zero-order valence-electron chi connectivity index (χ0n) is 10.1. The SMILES string of the molecule is COC1CCN(Cc2cccc([N+](=O)[O-])c2Br)C1. The average Bonchev–Trinajstić information content (AvgIpc) is 2.79. The summed E-state index contributed by atoms with van der Waals surface area (Å²) in [6.07, 6.45) is 1.30. The summed E-state index contributed by atoms with van der Waals surface area (Å²) < 4.78 is 5.89. The van der Waals surface area contributed by atoms with Gasteiger partial charge < -0.3 is 4.74 Å². The van der Waals surface area contributed by atoms with E-state index in [4.69, 9.17) is 4.74 Å². The summed E-state index contributed by atoms with van der Waals surface area (Å²) in [7, 11) is 1.72. The number of benzene rings is 1. The Morgan fingerprint density at radius 2 is 2.39 bits per heavy atom. The third-order valence-electron chi connectivity index (χ3n) is 3.21. The van der Waals surface area contributed by atoms with Crippen LogP contribution in [0, 0.1) is 10.1 Å². The minimum atomic E-state index is -0.366. The topological polar surface area (TPSA) is 55.6 Å². The predicted octanol–water partition coefficient (Wildman–Crippen LogP) is 2.58. The van der Waals surface area contributed by atoms with Crippen molar-refractivity contribution in [3.8, 4) is 0 Å². The van der Waals surface area contributed by atoms with E-state index in [2.05, 4.69) is 20.8 Å². The number of halogens is 1. The van der Waals surface area contributed by atoms with Gasteiger partial charge in [-0.2, -0.15) is 0 Å². The molecule has 0 bridgehead atoms. The molecule has 2 rings (SSSR count). The van der Waals surface area contributed by atoms with Gasteiger partial charge in [0.1, 0.15) is 0 Å². The fourth-order valence-electron chi connectivity index (χ4n) is 2.20. The lowest BCUT2D eigenvalue weighted by Gasteiger charge is -2.16. The molecule has 0 spiro atoms. The van der Waals surface area contributed by atoms with Crippen LogP contribution in [-0.4, -0.2) is 36.1 Å². The van der Waals surface area contributed by atoms with Crippen LogP contribution in [0.1, 0.15) is 12.0 Å². The molecule has 1 unspecified atom stereocenters. The highest BCUT2D eigenvalue weighted by Gasteiger charge is 2.23. The summed E-state index contributed by atoms with van der Waals surface area (Å²) >= 11 is 3.32. The van der Waals surface area contributed by atoms with Gasteiger partial charge >= 0.3 is 0 Å². The van der Waals surface area contributed by atoms with Crippen LogP contribution in [0.4, 0.5) is 5.69 Å². The summed E-state index contributed by atoms with van der Waals surface area (Å²) in [6.45, 7) is 2.56. The number of likely N-dealkylation sites (tertiary alicyclic amines) is 1. The first kappa shape index (κ1) is 13.5. The van der Waals surface area contributed by atoms with Crippen molar-refractivity contribution in [2.24, 2.45) is 0 Å². The third-order valence-corrected chi connectivity index (χ3v) is 4.13. The van der Waals surface area contributed by atoms with Gasteiger partial charge in [0, 0.05) is 32.8 Å². The largest absolute Gasteiger partial charge is 0.380 e. The van der Waals surface area contributed by atoms with Crippen molar-refractivity contribution in [1.29, 1.82) is 0 Å². The zero-order chi connectivity index (χ0) is 13.1. The molecule has 1 fully saturated rings. The van der Waals surface area contributed by atoms with Crippen molar-refractivity contribution in [3.05, 3.63) is 38.3 Å². The third kappa shape index (κ3) is 2.88. The predicted molar refractivity (Wildman–Crippen MR) is 71.5 cm³/mol. The number of nitrogens with zero attached hydrogens (tertiary/aromatic N) is 2. The Hall–Kier alpha value is -0.980. The monoisotopic (exact) mass is 314 g/mol. The highest BCUT2D eigenvalue weighted by atomic mass is 79.9. The van der Waals surface area contributed by atoms with E-state index in [0.717, 1.165) is 25.1 Å². The van der Waals surface area contributed by atoms with Crippen LogP contribution in [0.5, 0.6) is 0 Å². The molecule has 18 heavy (non-hydrogen) atoms. The molecule has 1 heterocycles. The summed E-state index contributed by atoms with van der Waals surface area (Å²) in [4.78, 5) is 12.7. The van der Waals surface area contributed by atoms with E-state index in [0.29, 0.717) is 11.0 Å². The van der Waals surface area contributed by atoms with Crippen LogP contribution in [0.3, 0.4) is 0 Å². The molecule has 1 aromatic carbocycles. The molecule has 0 amide bonds. The van der Waals surface area contributed by atoms with E-state index < -0.39 is 0 Å². The minimum Gasteiger partial charge on any atom is -0.380 e. The Morgan fingerprint density at radius 1 is 1.61 bits per heavy atom. The van der Waals surface area contributed by atoms with Crippen LogP contribution < -0.4 is 0 Å². The molecular formula is C12H15BrN2O3. The molecule has 6 heteroatoms. The summed E-state index contributed by atoms with van der Waals surface area (Å²) in [5.74, 6) is 0. The second-order valence-corrected chi connectivity index (χ2v) is 5.18. The lowest BCUT2D eigenvalue weighted by Crippen LogP contribution is -2.22. The van der Waals surface area contributed by atoms with Crippen molar-refractivity contribution in [2.75, 3.05) is 20.2 Å². The molecule has 1 aromatic rings. The van der Waals surface area contributed by atoms with E-state index >= 15 is 0 Å². The van der Waals surface area contributed by atoms with E-state index in [1.807, 2.05) is 6.07 Å². The Balaban J connectivity index is 2.10. The highest BCUT2D eigenvalue weighted by Crippen LogP contribution is 2.29. The number of ether oxygens (including phenoxy) is 1. The average molecular weight is 315 g/mol. The van der Waals surface area contributed by atoms with Gasteiger partial charge in [-0.15, -0.1) is 0 Å². The number of hydrogen-bond donors (Lipinski definition) is 0. The van der Waals surface area contributed by atoms with E-state index in [9.17, 15) is 10.1 Å². The van der Waals surface area contributed by atoms with Crippen LogP contribution >= 0.6 is 15.9 Å². The van der Waals surface area contributed by atoms with Crippen molar-refractivity contribution in [3.63, 3.8) is 0 Å². The molecule has 98 valence electrons. The molecule has 0 saturated carbocycles. The zero-order valence-corrected chi connectivity index (χ0v) is 11.7. The van der Waals surface area contributed by atoms with E-state index in [1.54, 1.807) is 13.2 Å². The fourth-order valence-corrected chi connectivity index (χ4v) is 2.74. The van der Waals surface area contributed by atoms with Crippen LogP contribution in [0.15, 0.2) is 22.7 Å². The Labute approximate surface area is 114 Å². The van der Waals surface area contributed by atoms with Crippen molar-refractivity contribution in [1.82, 2.24) is 4.90 Å². The Kier molecular flexibility index (Phi) is 4.31. The molecule has 1 saturated heterocycles. The first-order valence-corrected chi connectivity index (χ1v) is 6.58. The van der Waals surface area contributed by atoms with Gasteiger partial charge in [-0.3, -0.25) is 15.0 Å². The summed E-state index contributed by atoms with van der Waals surface area (Å²) in [5, 5.41) is 10.9. The molecule has 1 aliphatic heterocycles. The summed E-state index contributed by atoms with van der Waals surface area (Å²) in [5.41, 5.74) is 1.07. The van der Waals surface area contributed by atoms with Crippen molar-refractivity contribution >= 4 is 21.6 Å². The number of rotatable bonds is 4. The normalized spacial score (nSPS) is 20.2. The van der Waals surface area contributed by atoms with Crippen LogP contribution in [0.2, 0.25) is 0 Å². The van der Waals surface area contributed by atoms with Gasteiger partial charge in [-0.05, 0) is 27.9 Å². The van der Waals surface area contributed by atoms with Gasteiger partial charge in [0.15, 0.2) is 0 Å². The van der Waals surface area contributed by atoms with Gasteiger partial charge in [0.25, 0.3) is 5.69 Å². The number of methoxy groups -OCH3 is 1. The second kappa shape index (κ2) is 5.77. The Bertz CT molecular complexity index is 453. The van der Waals surface area contributed by atoms with Crippen LogP contribution in [0.25, 0.3) is 0 Å². The number of nitro benzene ring substituents is 1. The standard InChI is InChI=1S/C12H15BrN2O3/c1-18-10-5-6-14(8-10)7-9-3-2-4-11(12(9)13)15(16)17/h2-4,10H,5-8H2,1H3.